The highest BCUT2D eigenvalue weighted by molar-refractivity contribution is 9.10. The Hall–Kier alpha value is -2.07. The third-order valence-electron chi connectivity index (χ3n) is 3.31. The van der Waals surface area contributed by atoms with Crippen LogP contribution in [-0.2, 0) is 0 Å². The molecule has 100 valence electrons. The van der Waals surface area contributed by atoms with Crippen LogP contribution in [0.5, 0.6) is 0 Å². The minimum atomic E-state index is 0.668. The average Bonchev–Trinajstić information content (AvgIpc) is 2.47. The fourth-order valence-electron chi connectivity index (χ4n) is 2.32. The Kier molecular flexibility index (Phi) is 3.32. The summed E-state index contributed by atoms with van der Waals surface area (Å²) in [5, 5.41) is 1.03. The Labute approximate surface area is 126 Å². The molecule has 2 aromatic carbocycles. The molecular formula is C16H14BrN3. The molecule has 1 aromatic heterocycles. The molecule has 0 atom stereocenters. The molecule has 3 aromatic rings. The van der Waals surface area contributed by atoms with E-state index in [-0.39, 0.29) is 0 Å². The van der Waals surface area contributed by atoms with Crippen LogP contribution in [-0.4, -0.2) is 12.0 Å². The van der Waals surface area contributed by atoms with Gasteiger partial charge in [0.25, 0.3) is 0 Å². The number of para-hydroxylation sites is 1. The smallest absolute Gasteiger partial charge is 0.0753 e. The van der Waals surface area contributed by atoms with E-state index in [9.17, 15) is 0 Å². The number of fused-ring (bicyclic) bond motifs is 1. The van der Waals surface area contributed by atoms with Crippen molar-refractivity contribution in [3.8, 4) is 0 Å². The highest BCUT2D eigenvalue weighted by Gasteiger charge is 2.13. The van der Waals surface area contributed by atoms with Gasteiger partial charge in [-0.1, -0.05) is 34.1 Å². The predicted octanol–water partition coefficient (Wildman–Crippen LogP) is 4.35. The maximum absolute atomic E-state index is 6.16. The molecule has 0 saturated carbocycles. The van der Waals surface area contributed by atoms with Crippen LogP contribution in [0.1, 0.15) is 0 Å². The number of nitrogens with zero attached hydrogens (tertiary/aromatic N) is 2. The van der Waals surface area contributed by atoms with Crippen molar-refractivity contribution in [2.75, 3.05) is 17.7 Å². The Balaban J connectivity index is 2.24. The summed E-state index contributed by atoms with van der Waals surface area (Å²) in [7, 11) is 2.02. The van der Waals surface area contributed by atoms with Crippen LogP contribution < -0.4 is 10.6 Å². The van der Waals surface area contributed by atoms with E-state index in [0.717, 1.165) is 26.8 Å². The van der Waals surface area contributed by atoms with Gasteiger partial charge in [-0.3, -0.25) is 4.98 Å². The monoisotopic (exact) mass is 327 g/mol. The van der Waals surface area contributed by atoms with Crippen molar-refractivity contribution >= 4 is 43.9 Å². The fourth-order valence-corrected chi connectivity index (χ4v) is 2.68. The highest BCUT2D eigenvalue weighted by Crippen LogP contribution is 2.36. The van der Waals surface area contributed by atoms with Crippen molar-refractivity contribution in [3.63, 3.8) is 0 Å². The first kappa shape index (κ1) is 12.9. The van der Waals surface area contributed by atoms with Crippen LogP contribution >= 0.6 is 15.9 Å². The van der Waals surface area contributed by atoms with Gasteiger partial charge in [-0.2, -0.15) is 0 Å². The summed E-state index contributed by atoms with van der Waals surface area (Å²) in [4.78, 5) is 6.48. The number of benzene rings is 2. The topological polar surface area (TPSA) is 42.1 Å². The van der Waals surface area contributed by atoms with E-state index in [1.54, 1.807) is 6.20 Å². The molecule has 2 N–H and O–H groups in total. The highest BCUT2D eigenvalue weighted by atomic mass is 79.9. The number of anilines is 3. The summed E-state index contributed by atoms with van der Waals surface area (Å²) in [6.45, 7) is 0. The van der Waals surface area contributed by atoms with E-state index < -0.39 is 0 Å². The summed E-state index contributed by atoms with van der Waals surface area (Å²) in [5.74, 6) is 0. The molecule has 0 fully saturated rings. The van der Waals surface area contributed by atoms with Crippen molar-refractivity contribution in [1.82, 2.24) is 4.98 Å². The van der Waals surface area contributed by atoms with Gasteiger partial charge >= 0.3 is 0 Å². The van der Waals surface area contributed by atoms with Crippen LogP contribution in [0.25, 0.3) is 10.9 Å². The summed E-state index contributed by atoms with van der Waals surface area (Å²) in [5.41, 5.74) is 9.82. The van der Waals surface area contributed by atoms with Crippen molar-refractivity contribution in [1.29, 1.82) is 0 Å². The summed E-state index contributed by atoms with van der Waals surface area (Å²) >= 11 is 3.51. The molecule has 0 radical (unpaired) electrons. The Morgan fingerprint density at radius 2 is 1.85 bits per heavy atom. The van der Waals surface area contributed by atoms with Crippen LogP contribution in [0, 0.1) is 0 Å². The standard InChI is InChI=1S/C16H14BrN3/c1-20(12-5-3-2-4-6-12)16-13-9-11(17)7-8-15(13)19-10-14(16)18/h2-10H,18H2,1H3. The first-order valence-electron chi connectivity index (χ1n) is 6.29. The molecule has 0 saturated heterocycles. The maximum Gasteiger partial charge on any atom is 0.0753 e. The maximum atomic E-state index is 6.16. The molecule has 0 bridgehead atoms. The fraction of sp³-hybridized carbons (Fsp3) is 0.0625. The zero-order chi connectivity index (χ0) is 14.1. The second-order valence-electron chi connectivity index (χ2n) is 4.62. The molecule has 0 amide bonds. The Bertz CT molecular complexity index is 751. The number of rotatable bonds is 2. The van der Waals surface area contributed by atoms with Crippen molar-refractivity contribution in [2.24, 2.45) is 0 Å². The van der Waals surface area contributed by atoms with Gasteiger partial charge in [-0.05, 0) is 30.3 Å². The molecule has 20 heavy (non-hydrogen) atoms. The quantitative estimate of drug-likeness (QED) is 0.760. The molecule has 4 heteroatoms. The lowest BCUT2D eigenvalue weighted by Crippen LogP contribution is -2.12. The second kappa shape index (κ2) is 5.13. The summed E-state index contributed by atoms with van der Waals surface area (Å²) < 4.78 is 1.01. The minimum absolute atomic E-state index is 0.668. The van der Waals surface area contributed by atoms with Crippen molar-refractivity contribution in [3.05, 3.63) is 59.2 Å². The molecule has 1 heterocycles. The Morgan fingerprint density at radius 1 is 1.10 bits per heavy atom. The molecule has 3 nitrogen and oxygen atoms in total. The number of hydrogen-bond acceptors (Lipinski definition) is 3. The van der Waals surface area contributed by atoms with E-state index in [1.807, 2.05) is 43.4 Å². The lowest BCUT2D eigenvalue weighted by Gasteiger charge is -2.23. The number of halogens is 1. The van der Waals surface area contributed by atoms with Crippen molar-refractivity contribution in [2.45, 2.75) is 0 Å². The van der Waals surface area contributed by atoms with Crippen LogP contribution in [0.2, 0.25) is 0 Å². The summed E-state index contributed by atoms with van der Waals surface area (Å²) in [6.07, 6.45) is 1.71. The zero-order valence-electron chi connectivity index (χ0n) is 11.0. The normalized spacial score (nSPS) is 10.7. The summed E-state index contributed by atoms with van der Waals surface area (Å²) in [6, 6.07) is 16.2. The van der Waals surface area contributed by atoms with Crippen LogP contribution in [0.15, 0.2) is 59.2 Å². The molecule has 0 aliphatic carbocycles. The lowest BCUT2D eigenvalue weighted by molar-refractivity contribution is 1.21. The molecule has 0 aliphatic heterocycles. The molecule has 3 rings (SSSR count). The molecule has 0 spiro atoms. The SMILES string of the molecule is CN(c1ccccc1)c1c(N)cnc2ccc(Br)cc12. The first-order valence-corrected chi connectivity index (χ1v) is 7.08. The largest absolute Gasteiger partial charge is 0.396 e. The number of nitrogen functional groups attached to an aromatic ring is 1. The van der Waals surface area contributed by atoms with Gasteiger partial charge in [-0.15, -0.1) is 0 Å². The zero-order valence-corrected chi connectivity index (χ0v) is 12.6. The van der Waals surface area contributed by atoms with Gasteiger partial charge in [0.05, 0.1) is 23.1 Å². The average molecular weight is 328 g/mol. The number of pyridine rings is 1. The number of hydrogen-bond donors (Lipinski definition) is 1. The lowest BCUT2D eigenvalue weighted by atomic mass is 10.1. The van der Waals surface area contributed by atoms with E-state index in [4.69, 9.17) is 5.73 Å². The van der Waals surface area contributed by atoms with Gasteiger partial charge in [0.2, 0.25) is 0 Å². The Morgan fingerprint density at radius 3 is 2.60 bits per heavy atom. The predicted molar refractivity (Wildman–Crippen MR) is 88.4 cm³/mol. The van der Waals surface area contributed by atoms with Gasteiger partial charge in [0.1, 0.15) is 0 Å². The van der Waals surface area contributed by atoms with Gasteiger partial charge in [0.15, 0.2) is 0 Å². The first-order chi connectivity index (χ1) is 9.66. The van der Waals surface area contributed by atoms with Gasteiger partial charge < -0.3 is 10.6 Å². The molecular weight excluding hydrogens is 314 g/mol. The van der Waals surface area contributed by atoms with Gasteiger partial charge in [-0.25, -0.2) is 0 Å². The molecule has 0 unspecified atom stereocenters. The van der Waals surface area contributed by atoms with Crippen LogP contribution in [0.4, 0.5) is 17.1 Å². The van der Waals surface area contributed by atoms with E-state index in [2.05, 4.69) is 37.9 Å². The van der Waals surface area contributed by atoms with Gasteiger partial charge in [0, 0.05) is 22.6 Å². The number of nitrogens with two attached hydrogens (primary N) is 1. The van der Waals surface area contributed by atoms with E-state index in [0.29, 0.717) is 5.69 Å². The minimum Gasteiger partial charge on any atom is -0.396 e. The third-order valence-corrected chi connectivity index (χ3v) is 3.80. The number of aromatic nitrogens is 1. The molecule has 0 aliphatic rings. The third kappa shape index (κ3) is 2.23. The van der Waals surface area contributed by atoms with Crippen molar-refractivity contribution < 1.29 is 0 Å². The van der Waals surface area contributed by atoms with E-state index in [1.165, 1.54) is 0 Å². The van der Waals surface area contributed by atoms with Crippen LogP contribution in [0.3, 0.4) is 0 Å². The van der Waals surface area contributed by atoms with E-state index >= 15 is 0 Å². The second-order valence-corrected chi connectivity index (χ2v) is 5.53.